The second-order valence-corrected chi connectivity index (χ2v) is 7.51. The molecule has 2 N–H and O–H groups in total. The molecular weight excluding hydrogens is 384 g/mol. The average Bonchev–Trinajstić information content (AvgIpc) is 2.92. The van der Waals surface area contributed by atoms with Crippen LogP contribution >= 0.6 is 23.4 Å². The average molecular weight is 403 g/mol. The number of ether oxygens (including phenoxy) is 2. The maximum atomic E-state index is 11.8. The van der Waals surface area contributed by atoms with Crippen LogP contribution in [0.4, 0.5) is 0 Å². The molecule has 2 aromatic carbocycles. The molecule has 140 valence electrons. The van der Waals surface area contributed by atoms with E-state index in [1.807, 2.05) is 26.0 Å². The normalized spacial score (nSPS) is 15.1. The molecule has 2 aromatic rings. The number of hydrogen-bond acceptors (Lipinski definition) is 5. The third kappa shape index (κ3) is 5.05. The fourth-order valence-corrected chi connectivity index (χ4v) is 3.45. The van der Waals surface area contributed by atoms with E-state index >= 15 is 0 Å². The molecule has 1 aliphatic heterocycles. The van der Waals surface area contributed by atoms with Gasteiger partial charge in [0.2, 0.25) is 0 Å². The Balaban J connectivity index is 1.65. The molecule has 0 saturated carbocycles. The second-order valence-electron chi connectivity index (χ2n) is 6.01. The number of rotatable bonds is 6. The van der Waals surface area contributed by atoms with E-state index < -0.39 is 0 Å². The lowest BCUT2D eigenvalue weighted by molar-refractivity contribution is -0.113. The van der Waals surface area contributed by atoms with Crippen LogP contribution in [0.15, 0.2) is 46.3 Å². The van der Waals surface area contributed by atoms with E-state index in [0.29, 0.717) is 34.5 Å². The molecule has 0 atom stereocenters. The number of carbonyl (C=O) groups excluding carboxylic acids is 1. The summed E-state index contributed by atoms with van der Waals surface area (Å²) in [6.07, 6.45) is 1.68. The summed E-state index contributed by atoms with van der Waals surface area (Å²) in [5, 5.41) is 0.780. The molecule has 0 radical (unpaired) electrons. The molecule has 0 unspecified atom stereocenters. The number of aliphatic imine (C=N–C) groups is 1. The van der Waals surface area contributed by atoms with Crippen LogP contribution in [0.3, 0.4) is 0 Å². The van der Waals surface area contributed by atoms with Gasteiger partial charge in [-0.3, -0.25) is 4.79 Å². The molecule has 1 amide bonds. The first-order chi connectivity index (χ1) is 12.9. The van der Waals surface area contributed by atoms with Crippen LogP contribution in [-0.2, 0) is 4.79 Å². The van der Waals surface area contributed by atoms with Gasteiger partial charge in [0, 0.05) is 10.6 Å². The molecular formula is C20H19ClN2O3S. The monoisotopic (exact) mass is 402 g/mol. The molecule has 0 saturated heterocycles. The summed E-state index contributed by atoms with van der Waals surface area (Å²) in [7, 11) is 0. The zero-order chi connectivity index (χ0) is 19.4. The highest BCUT2D eigenvalue weighted by molar-refractivity contribution is 8.18. The lowest BCUT2D eigenvalue weighted by atomic mass is 10.1. The van der Waals surface area contributed by atoms with Gasteiger partial charge in [-0.2, -0.15) is 4.99 Å². The molecule has 7 heteroatoms. The Hall–Kier alpha value is -2.44. The Kier molecular flexibility index (Phi) is 6.08. The van der Waals surface area contributed by atoms with Crippen molar-refractivity contribution >= 4 is 40.5 Å². The van der Waals surface area contributed by atoms with E-state index in [2.05, 4.69) is 11.1 Å². The van der Waals surface area contributed by atoms with Gasteiger partial charge in [0.05, 0.1) is 4.91 Å². The Morgan fingerprint density at radius 1 is 1.11 bits per heavy atom. The Morgan fingerprint density at radius 2 is 1.81 bits per heavy atom. The highest BCUT2D eigenvalue weighted by Crippen LogP contribution is 2.31. The fourth-order valence-electron chi connectivity index (χ4n) is 2.59. The molecule has 0 aromatic heterocycles. The maximum absolute atomic E-state index is 11.8. The molecule has 3 rings (SSSR count). The smallest absolute Gasteiger partial charge is 0.286 e. The molecule has 0 fully saturated rings. The third-order valence-electron chi connectivity index (χ3n) is 3.82. The van der Waals surface area contributed by atoms with Gasteiger partial charge in [-0.15, -0.1) is 0 Å². The van der Waals surface area contributed by atoms with E-state index in [4.69, 9.17) is 26.8 Å². The number of aryl methyl sites for hydroxylation is 2. The summed E-state index contributed by atoms with van der Waals surface area (Å²) in [6.45, 7) is 4.80. The van der Waals surface area contributed by atoms with E-state index in [9.17, 15) is 4.79 Å². The topological polar surface area (TPSA) is 73.9 Å². The minimum atomic E-state index is -0.360. The van der Waals surface area contributed by atoms with Crippen LogP contribution in [-0.4, -0.2) is 24.3 Å². The van der Waals surface area contributed by atoms with Crippen molar-refractivity contribution in [3.63, 3.8) is 0 Å². The van der Waals surface area contributed by atoms with Crippen LogP contribution in [0.2, 0.25) is 5.02 Å². The number of halogens is 1. The summed E-state index contributed by atoms with van der Waals surface area (Å²) in [5.74, 6) is 1.08. The zero-order valence-electron chi connectivity index (χ0n) is 15.0. The molecule has 1 aliphatic rings. The van der Waals surface area contributed by atoms with Crippen LogP contribution in [0.5, 0.6) is 11.5 Å². The highest BCUT2D eigenvalue weighted by atomic mass is 35.5. The van der Waals surface area contributed by atoms with Crippen molar-refractivity contribution in [2.75, 3.05) is 13.2 Å². The minimum Gasteiger partial charge on any atom is -0.490 e. The molecule has 0 spiro atoms. The van der Waals surface area contributed by atoms with Gasteiger partial charge in [-0.05, 0) is 61.5 Å². The number of amides is 1. The first kappa shape index (κ1) is 19.3. The van der Waals surface area contributed by atoms with Gasteiger partial charge in [0.25, 0.3) is 5.91 Å². The molecule has 0 bridgehead atoms. The first-order valence-corrected chi connectivity index (χ1v) is 9.52. The van der Waals surface area contributed by atoms with E-state index in [0.717, 1.165) is 23.1 Å². The fraction of sp³-hybridized carbons (Fsp3) is 0.200. The van der Waals surface area contributed by atoms with E-state index in [1.165, 1.54) is 5.56 Å². The van der Waals surface area contributed by atoms with E-state index in [-0.39, 0.29) is 11.1 Å². The predicted molar refractivity (Wildman–Crippen MR) is 111 cm³/mol. The number of hydrogen-bond donors (Lipinski definition) is 1. The van der Waals surface area contributed by atoms with Crippen molar-refractivity contribution in [2.45, 2.75) is 13.8 Å². The number of benzene rings is 2. The van der Waals surface area contributed by atoms with Gasteiger partial charge < -0.3 is 15.2 Å². The minimum absolute atomic E-state index is 0.234. The molecule has 1 heterocycles. The molecule has 0 aliphatic carbocycles. The lowest BCUT2D eigenvalue weighted by Gasteiger charge is -2.12. The van der Waals surface area contributed by atoms with Gasteiger partial charge in [-0.1, -0.05) is 29.3 Å². The van der Waals surface area contributed by atoms with Crippen molar-refractivity contribution in [2.24, 2.45) is 10.7 Å². The van der Waals surface area contributed by atoms with Gasteiger partial charge in [0.15, 0.2) is 5.17 Å². The van der Waals surface area contributed by atoms with Crippen LogP contribution in [0.1, 0.15) is 16.7 Å². The van der Waals surface area contributed by atoms with E-state index in [1.54, 1.807) is 24.3 Å². The SMILES string of the molecule is Cc1ccc(OCCOc2ccc(Cl)cc2/C=C2/SC(N)=NC2=O)c(C)c1. The van der Waals surface area contributed by atoms with Crippen LogP contribution < -0.4 is 15.2 Å². The summed E-state index contributed by atoms with van der Waals surface area (Å²) in [6, 6.07) is 11.3. The summed E-state index contributed by atoms with van der Waals surface area (Å²) in [5.41, 5.74) is 8.56. The van der Waals surface area contributed by atoms with Crippen molar-refractivity contribution in [1.82, 2.24) is 0 Å². The lowest BCUT2D eigenvalue weighted by Crippen LogP contribution is -2.10. The predicted octanol–water partition coefficient (Wildman–Crippen LogP) is 4.34. The number of nitrogens with zero attached hydrogens (tertiary/aromatic N) is 1. The van der Waals surface area contributed by atoms with Gasteiger partial charge >= 0.3 is 0 Å². The van der Waals surface area contributed by atoms with Crippen molar-refractivity contribution in [3.8, 4) is 11.5 Å². The standard InChI is InChI=1S/C20H19ClN2O3S/c1-12-3-5-16(13(2)9-12)25-7-8-26-17-6-4-15(21)10-14(17)11-18-19(24)23-20(22)27-18/h3-6,9-11H,7-8H2,1-2H3,(H2,22,23,24)/b18-11+. The third-order valence-corrected chi connectivity index (χ3v) is 4.87. The Labute approximate surface area is 167 Å². The molecule has 5 nitrogen and oxygen atoms in total. The molecule has 27 heavy (non-hydrogen) atoms. The second kappa shape index (κ2) is 8.50. The Bertz CT molecular complexity index is 941. The Morgan fingerprint density at radius 3 is 2.48 bits per heavy atom. The summed E-state index contributed by atoms with van der Waals surface area (Å²) < 4.78 is 11.6. The van der Waals surface area contributed by atoms with Crippen LogP contribution in [0.25, 0.3) is 6.08 Å². The van der Waals surface area contributed by atoms with Crippen molar-refractivity contribution in [3.05, 3.63) is 63.0 Å². The first-order valence-electron chi connectivity index (χ1n) is 8.33. The zero-order valence-corrected chi connectivity index (χ0v) is 16.6. The quantitative estimate of drug-likeness (QED) is 0.574. The summed E-state index contributed by atoms with van der Waals surface area (Å²) >= 11 is 7.21. The van der Waals surface area contributed by atoms with Crippen molar-refractivity contribution in [1.29, 1.82) is 0 Å². The number of nitrogens with two attached hydrogens (primary N) is 1. The summed E-state index contributed by atoms with van der Waals surface area (Å²) in [4.78, 5) is 15.9. The number of thioether (sulfide) groups is 1. The highest BCUT2D eigenvalue weighted by Gasteiger charge is 2.20. The van der Waals surface area contributed by atoms with Crippen molar-refractivity contribution < 1.29 is 14.3 Å². The largest absolute Gasteiger partial charge is 0.490 e. The number of amidine groups is 1. The number of carbonyl (C=O) groups is 1. The van der Waals surface area contributed by atoms with Crippen LogP contribution in [0, 0.1) is 13.8 Å². The van der Waals surface area contributed by atoms with Gasteiger partial charge in [-0.25, -0.2) is 0 Å². The maximum Gasteiger partial charge on any atom is 0.286 e. The van der Waals surface area contributed by atoms with Gasteiger partial charge in [0.1, 0.15) is 24.7 Å².